The Labute approximate surface area is 182 Å². The quantitative estimate of drug-likeness (QED) is 0.820. The molecule has 0 aliphatic carbocycles. The summed E-state index contributed by atoms with van der Waals surface area (Å²) < 4.78 is 17.7. The molecule has 7 nitrogen and oxygen atoms in total. The Bertz CT molecular complexity index is 1040. The molecule has 0 radical (unpaired) electrons. The third-order valence-electron chi connectivity index (χ3n) is 6.49. The lowest BCUT2D eigenvalue weighted by molar-refractivity contribution is -0.165. The highest BCUT2D eigenvalue weighted by atomic mass is 16.5. The van der Waals surface area contributed by atoms with Gasteiger partial charge in [0.1, 0.15) is 5.75 Å². The van der Waals surface area contributed by atoms with E-state index >= 15 is 0 Å². The summed E-state index contributed by atoms with van der Waals surface area (Å²) in [6.45, 7) is 2.93. The number of hydrogen-bond donors (Lipinski definition) is 1. The van der Waals surface area contributed by atoms with Gasteiger partial charge < -0.3 is 24.5 Å². The van der Waals surface area contributed by atoms with E-state index < -0.39 is 5.72 Å². The van der Waals surface area contributed by atoms with Crippen LogP contribution in [0, 0.1) is 0 Å². The Morgan fingerprint density at radius 3 is 2.61 bits per heavy atom. The molecule has 3 aliphatic heterocycles. The van der Waals surface area contributed by atoms with Crippen LogP contribution in [0.15, 0.2) is 48.5 Å². The summed E-state index contributed by atoms with van der Waals surface area (Å²) in [5.74, 6) is 2.43. The van der Waals surface area contributed by atoms with Crippen LogP contribution in [-0.4, -0.2) is 48.9 Å². The number of nitrogens with one attached hydrogen (secondary N) is 1. The number of hydrogen-bond acceptors (Lipinski definition) is 6. The van der Waals surface area contributed by atoms with Gasteiger partial charge >= 0.3 is 0 Å². The van der Waals surface area contributed by atoms with E-state index in [2.05, 4.69) is 28.6 Å². The Hall–Kier alpha value is -3.19. The van der Waals surface area contributed by atoms with Gasteiger partial charge in [0, 0.05) is 44.0 Å². The van der Waals surface area contributed by atoms with E-state index in [4.69, 9.17) is 14.2 Å². The van der Waals surface area contributed by atoms with Gasteiger partial charge in [0.15, 0.2) is 17.2 Å². The second kappa shape index (κ2) is 7.50. The van der Waals surface area contributed by atoms with Crippen molar-refractivity contribution in [1.82, 2.24) is 15.3 Å². The summed E-state index contributed by atoms with van der Waals surface area (Å²) in [5, 5.41) is 2.21. The van der Waals surface area contributed by atoms with Gasteiger partial charge in [0.2, 0.25) is 5.91 Å². The highest BCUT2D eigenvalue weighted by Gasteiger charge is 2.52. The maximum Gasteiger partial charge on any atom is 0.219 e. The zero-order valence-electron chi connectivity index (χ0n) is 18.1. The highest BCUT2D eigenvalue weighted by molar-refractivity contribution is 5.73. The third kappa shape index (κ3) is 3.20. The molecule has 31 heavy (non-hydrogen) atoms. The highest BCUT2D eigenvalue weighted by Crippen LogP contribution is 2.51. The Kier molecular flexibility index (Phi) is 4.78. The molecule has 0 unspecified atom stereocenters. The average molecular weight is 421 g/mol. The number of piperidine rings is 1. The Morgan fingerprint density at radius 2 is 1.90 bits per heavy atom. The van der Waals surface area contributed by atoms with Crippen LogP contribution in [0.1, 0.15) is 36.9 Å². The molecule has 2 aromatic carbocycles. The molecule has 5 rings (SSSR count). The van der Waals surface area contributed by atoms with Crippen molar-refractivity contribution < 1.29 is 19.0 Å². The predicted molar refractivity (Wildman–Crippen MR) is 117 cm³/mol. The molecule has 1 amide bonds. The number of methoxy groups -OCH3 is 2. The maximum absolute atomic E-state index is 11.9. The van der Waals surface area contributed by atoms with E-state index in [0.717, 1.165) is 34.1 Å². The van der Waals surface area contributed by atoms with Crippen LogP contribution >= 0.6 is 0 Å². The van der Waals surface area contributed by atoms with Crippen LogP contribution in [0.4, 0.5) is 0 Å². The fraction of sp³-hybridized carbons (Fsp3) is 0.375. The number of carbonyl (C=O) groups is 1. The topological polar surface area (TPSA) is 63.3 Å². The standard InChI is InChI=1S/C24H27N3O4/c1-16(28)26-12-10-24(11-13-26)27-21(19-8-5-9-22(30-3)23(19)31-24)15-20(25-27)17-6-4-7-18(14-17)29-2/h4-9,14-15,21,25H,10-13H2,1-3H3/t21-/m1/s1. The van der Waals surface area contributed by atoms with Gasteiger partial charge in [-0.25, -0.2) is 0 Å². The predicted octanol–water partition coefficient (Wildman–Crippen LogP) is 3.34. The van der Waals surface area contributed by atoms with Crippen LogP contribution in [-0.2, 0) is 4.79 Å². The number of hydrazine groups is 1. The number of fused-ring (bicyclic) bond motifs is 4. The van der Waals surface area contributed by atoms with E-state index in [1.165, 1.54) is 0 Å². The summed E-state index contributed by atoms with van der Waals surface area (Å²) in [4.78, 5) is 13.8. The summed E-state index contributed by atoms with van der Waals surface area (Å²) in [6, 6.07) is 14.0. The normalized spacial score (nSPS) is 21.5. The van der Waals surface area contributed by atoms with E-state index in [-0.39, 0.29) is 11.9 Å². The Balaban J connectivity index is 1.56. The van der Waals surface area contributed by atoms with Crippen LogP contribution in [0.2, 0.25) is 0 Å². The van der Waals surface area contributed by atoms with Gasteiger partial charge in [-0.3, -0.25) is 4.79 Å². The number of likely N-dealkylation sites (tertiary alicyclic amines) is 1. The second-order valence-corrected chi connectivity index (χ2v) is 8.17. The van der Waals surface area contributed by atoms with Crippen molar-refractivity contribution >= 4 is 11.6 Å². The first-order chi connectivity index (χ1) is 15.0. The number of carbonyl (C=O) groups excluding carboxylic acids is 1. The first kappa shape index (κ1) is 19.8. The first-order valence-electron chi connectivity index (χ1n) is 10.6. The molecule has 7 heteroatoms. The summed E-state index contributed by atoms with van der Waals surface area (Å²) in [6.07, 6.45) is 3.63. The molecule has 2 aromatic rings. The fourth-order valence-electron chi connectivity index (χ4n) is 4.79. The molecule has 1 spiro atoms. The van der Waals surface area contributed by atoms with Crippen molar-refractivity contribution in [3.05, 3.63) is 59.7 Å². The van der Waals surface area contributed by atoms with Gasteiger partial charge in [-0.15, -0.1) is 0 Å². The molecular weight excluding hydrogens is 394 g/mol. The molecule has 162 valence electrons. The van der Waals surface area contributed by atoms with Crippen LogP contribution in [0.3, 0.4) is 0 Å². The van der Waals surface area contributed by atoms with Crippen LogP contribution < -0.4 is 19.6 Å². The largest absolute Gasteiger partial charge is 0.497 e. The summed E-state index contributed by atoms with van der Waals surface area (Å²) in [5.41, 5.74) is 6.16. The van der Waals surface area contributed by atoms with E-state index in [1.54, 1.807) is 21.1 Å². The van der Waals surface area contributed by atoms with Gasteiger partial charge in [-0.1, -0.05) is 24.3 Å². The SMILES string of the molecule is COc1cccc(C2=C[C@@H]3c4cccc(OC)c4OC4(CCN(C(C)=O)CC4)N3N2)c1. The third-order valence-corrected chi connectivity index (χ3v) is 6.49. The molecule has 0 bridgehead atoms. The van der Waals surface area contributed by atoms with Crippen molar-refractivity contribution in [2.24, 2.45) is 0 Å². The lowest BCUT2D eigenvalue weighted by atomic mass is 9.92. The molecule has 1 atom stereocenters. The van der Waals surface area contributed by atoms with E-state index in [1.807, 2.05) is 35.2 Å². The lowest BCUT2D eigenvalue weighted by Gasteiger charge is -2.51. The molecule has 1 fully saturated rings. The van der Waals surface area contributed by atoms with Crippen LogP contribution in [0.25, 0.3) is 5.70 Å². The molecule has 3 aliphatic rings. The van der Waals surface area contributed by atoms with Gasteiger partial charge in [-0.05, 0) is 24.3 Å². The number of nitrogens with zero attached hydrogens (tertiary/aromatic N) is 2. The number of para-hydroxylation sites is 1. The molecule has 1 saturated heterocycles. The number of ether oxygens (including phenoxy) is 3. The number of amides is 1. The number of benzene rings is 2. The van der Waals surface area contributed by atoms with Crippen molar-refractivity contribution in [1.29, 1.82) is 0 Å². The molecule has 0 aromatic heterocycles. The minimum Gasteiger partial charge on any atom is -0.497 e. The monoisotopic (exact) mass is 421 g/mol. The zero-order valence-corrected chi connectivity index (χ0v) is 18.1. The average Bonchev–Trinajstić information content (AvgIpc) is 3.26. The lowest BCUT2D eigenvalue weighted by Crippen LogP contribution is -2.64. The maximum atomic E-state index is 11.9. The summed E-state index contributed by atoms with van der Waals surface area (Å²) >= 11 is 0. The second-order valence-electron chi connectivity index (χ2n) is 8.17. The Morgan fingerprint density at radius 1 is 1.13 bits per heavy atom. The van der Waals surface area contributed by atoms with Gasteiger partial charge in [-0.2, -0.15) is 5.01 Å². The molecule has 3 heterocycles. The van der Waals surface area contributed by atoms with Crippen molar-refractivity contribution in [2.75, 3.05) is 27.3 Å². The smallest absolute Gasteiger partial charge is 0.219 e. The minimum atomic E-state index is -0.574. The molecule has 1 N–H and O–H groups in total. The first-order valence-corrected chi connectivity index (χ1v) is 10.6. The summed E-state index contributed by atoms with van der Waals surface area (Å²) in [7, 11) is 3.34. The van der Waals surface area contributed by atoms with E-state index in [0.29, 0.717) is 25.9 Å². The molecule has 0 saturated carbocycles. The van der Waals surface area contributed by atoms with E-state index in [9.17, 15) is 4.79 Å². The van der Waals surface area contributed by atoms with Gasteiger partial charge in [0.05, 0.1) is 26.0 Å². The van der Waals surface area contributed by atoms with Gasteiger partial charge in [0.25, 0.3) is 0 Å². The van der Waals surface area contributed by atoms with Crippen molar-refractivity contribution in [2.45, 2.75) is 31.5 Å². The zero-order chi connectivity index (χ0) is 21.6. The number of rotatable bonds is 3. The van der Waals surface area contributed by atoms with Crippen molar-refractivity contribution in [3.63, 3.8) is 0 Å². The van der Waals surface area contributed by atoms with Crippen LogP contribution in [0.5, 0.6) is 17.2 Å². The van der Waals surface area contributed by atoms with Crippen molar-refractivity contribution in [3.8, 4) is 17.2 Å². The minimum absolute atomic E-state index is 0.0103. The molecular formula is C24H27N3O4. The fourth-order valence-corrected chi connectivity index (χ4v) is 4.79.